The van der Waals surface area contributed by atoms with Gasteiger partial charge in [0.1, 0.15) is 0 Å². The Kier molecular flexibility index (Phi) is 5.33. The molecule has 0 spiro atoms. The monoisotopic (exact) mass is 285 g/mol. The molecule has 0 fully saturated rings. The molecule has 0 aromatic rings. The van der Waals surface area contributed by atoms with E-state index >= 15 is 0 Å². The molecule has 1 aliphatic heterocycles. The van der Waals surface area contributed by atoms with Gasteiger partial charge in [-0.25, -0.2) is 0 Å². The largest absolute Gasteiger partial charge is 0.288 e. The van der Waals surface area contributed by atoms with Crippen molar-refractivity contribution < 1.29 is 0 Å². The van der Waals surface area contributed by atoms with Crippen LogP contribution in [-0.2, 0) is 0 Å². The maximum Gasteiger partial charge on any atom is 0.0692 e. The Hall–Kier alpha value is -0.770. The summed E-state index contributed by atoms with van der Waals surface area (Å²) in [5.74, 6) is 0. The lowest BCUT2D eigenvalue weighted by Crippen LogP contribution is -1.95. The van der Waals surface area contributed by atoms with E-state index in [-0.39, 0.29) is 20.7 Å². The first kappa shape index (κ1) is 10.3. The highest BCUT2D eigenvalue weighted by Gasteiger charge is 1.90. The standard InChI is InChI=1S/C11H12IN/c1-2-3-6-9-13-10-11-7-4-5-8-12-11/h2-9H,1,10H2/b6-3-,13-9?. The molecule has 1 heterocycles. The van der Waals surface area contributed by atoms with Crippen molar-refractivity contribution >= 4 is 30.5 Å². The van der Waals surface area contributed by atoms with Gasteiger partial charge in [0, 0.05) is 9.72 Å². The van der Waals surface area contributed by atoms with Gasteiger partial charge in [0.25, 0.3) is 0 Å². The third-order valence-corrected chi connectivity index (χ3v) is 3.62. The summed E-state index contributed by atoms with van der Waals surface area (Å²) in [5, 5.41) is 0. The Balaban J connectivity index is 2.34. The highest BCUT2D eigenvalue weighted by atomic mass is 127. The molecule has 0 aliphatic carbocycles. The highest BCUT2D eigenvalue weighted by molar-refractivity contribution is 14.2. The molecule has 0 radical (unpaired) electrons. The molecule has 1 nitrogen and oxygen atoms in total. The van der Waals surface area contributed by atoms with Gasteiger partial charge in [0.15, 0.2) is 0 Å². The molecule has 2 heteroatoms. The van der Waals surface area contributed by atoms with Crippen LogP contribution in [0, 0.1) is 0 Å². The van der Waals surface area contributed by atoms with Crippen LogP contribution in [0.25, 0.3) is 0 Å². The summed E-state index contributed by atoms with van der Waals surface area (Å²) >= 11 is 0.114. The van der Waals surface area contributed by atoms with Crippen molar-refractivity contribution in [2.24, 2.45) is 4.99 Å². The number of hydrogen-bond donors (Lipinski definition) is 0. The summed E-state index contributed by atoms with van der Waals surface area (Å²) < 4.78 is 3.72. The Morgan fingerprint density at radius 2 is 2.31 bits per heavy atom. The van der Waals surface area contributed by atoms with E-state index in [1.165, 1.54) is 3.51 Å². The molecular weight excluding hydrogens is 273 g/mol. The molecule has 68 valence electrons. The van der Waals surface area contributed by atoms with Gasteiger partial charge in [-0.2, -0.15) is 0 Å². The Morgan fingerprint density at radius 3 is 3.00 bits per heavy atom. The van der Waals surface area contributed by atoms with E-state index < -0.39 is 0 Å². The third-order valence-electron chi connectivity index (χ3n) is 1.35. The molecule has 0 saturated carbocycles. The topological polar surface area (TPSA) is 12.4 Å². The number of nitrogens with zero attached hydrogens (tertiary/aromatic N) is 1. The van der Waals surface area contributed by atoms with Gasteiger partial charge >= 0.3 is 0 Å². The van der Waals surface area contributed by atoms with E-state index in [2.05, 4.69) is 33.9 Å². The van der Waals surface area contributed by atoms with E-state index in [4.69, 9.17) is 0 Å². The molecule has 0 saturated heterocycles. The Labute approximate surface area is 89.0 Å². The predicted octanol–water partition coefficient (Wildman–Crippen LogP) is 3.03. The molecule has 0 atom stereocenters. The van der Waals surface area contributed by atoms with E-state index in [0.29, 0.717) is 0 Å². The number of hydrogen-bond acceptors (Lipinski definition) is 1. The first-order valence-electron chi connectivity index (χ1n) is 4.03. The number of aliphatic imine (C=N–C) groups is 1. The average Bonchev–Trinajstić information content (AvgIpc) is 2.19. The number of halogens is 1. The van der Waals surface area contributed by atoms with Crippen molar-refractivity contribution in [3.8, 4) is 0 Å². The molecule has 0 unspecified atom stereocenters. The van der Waals surface area contributed by atoms with Gasteiger partial charge in [-0.3, -0.25) is 4.99 Å². The second kappa shape index (κ2) is 6.71. The first-order chi connectivity index (χ1) is 6.43. The van der Waals surface area contributed by atoms with E-state index in [1.807, 2.05) is 18.4 Å². The van der Waals surface area contributed by atoms with Crippen LogP contribution in [0.4, 0.5) is 0 Å². The first-order valence-corrected chi connectivity index (χ1v) is 6.36. The summed E-state index contributed by atoms with van der Waals surface area (Å²) in [7, 11) is 0. The summed E-state index contributed by atoms with van der Waals surface area (Å²) in [6.45, 7) is 4.42. The van der Waals surface area contributed by atoms with Gasteiger partial charge in [0.2, 0.25) is 0 Å². The van der Waals surface area contributed by atoms with Crippen molar-refractivity contribution in [1.82, 2.24) is 0 Å². The van der Waals surface area contributed by atoms with Crippen LogP contribution in [0.15, 0.2) is 52.1 Å². The third kappa shape index (κ3) is 4.72. The maximum atomic E-state index is 4.28. The zero-order chi connectivity index (χ0) is 9.36. The fourth-order valence-electron chi connectivity index (χ4n) is 0.772. The zero-order valence-corrected chi connectivity index (χ0v) is 9.52. The zero-order valence-electron chi connectivity index (χ0n) is 7.36. The predicted molar refractivity (Wildman–Crippen MR) is 70.0 cm³/mol. The molecule has 13 heavy (non-hydrogen) atoms. The molecule has 0 bridgehead atoms. The SMILES string of the molecule is C=C/C=C\C=NCC1=IC=CC=C1. The van der Waals surface area contributed by atoms with Gasteiger partial charge in [0.05, 0.1) is 6.54 Å². The highest BCUT2D eigenvalue weighted by Crippen LogP contribution is 2.09. The van der Waals surface area contributed by atoms with Crippen LogP contribution in [-0.4, -0.2) is 16.3 Å². The lowest BCUT2D eigenvalue weighted by Gasteiger charge is -1.96. The molecule has 0 aromatic carbocycles. The molecule has 0 aromatic heterocycles. The molecule has 0 N–H and O–H groups in total. The van der Waals surface area contributed by atoms with Crippen molar-refractivity contribution in [3.63, 3.8) is 0 Å². The average molecular weight is 285 g/mol. The summed E-state index contributed by atoms with van der Waals surface area (Å²) in [6, 6.07) is 0. The van der Waals surface area contributed by atoms with E-state index in [1.54, 1.807) is 6.08 Å². The quantitative estimate of drug-likeness (QED) is 0.428. The fourth-order valence-corrected chi connectivity index (χ4v) is 2.49. The van der Waals surface area contributed by atoms with Gasteiger partial charge in [-0.1, -0.05) is 57.7 Å². The van der Waals surface area contributed by atoms with Crippen LogP contribution in [0.3, 0.4) is 0 Å². The van der Waals surface area contributed by atoms with Crippen molar-refractivity contribution in [2.45, 2.75) is 0 Å². The van der Waals surface area contributed by atoms with Crippen LogP contribution >= 0.6 is 20.7 Å². The van der Waals surface area contributed by atoms with Crippen LogP contribution in [0.5, 0.6) is 0 Å². The lowest BCUT2D eigenvalue weighted by atomic mass is 10.4. The molecular formula is C11H12IN. The van der Waals surface area contributed by atoms with Gasteiger partial charge < -0.3 is 0 Å². The van der Waals surface area contributed by atoms with Gasteiger partial charge in [-0.15, -0.1) is 0 Å². The summed E-state index contributed by atoms with van der Waals surface area (Å²) in [4.78, 5) is 4.28. The van der Waals surface area contributed by atoms with Crippen LogP contribution in [0.2, 0.25) is 0 Å². The van der Waals surface area contributed by atoms with Crippen molar-refractivity contribution in [2.75, 3.05) is 6.54 Å². The minimum atomic E-state index is 0.114. The minimum absolute atomic E-state index is 0.114. The van der Waals surface area contributed by atoms with Crippen molar-refractivity contribution in [3.05, 3.63) is 47.1 Å². The normalized spacial score (nSPS) is 16.2. The molecule has 0 amide bonds. The lowest BCUT2D eigenvalue weighted by molar-refractivity contribution is 1.35. The summed E-state index contributed by atoms with van der Waals surface area (Å²) in [5.41, 5.74) is 0. The number of rotatable bonds is 4. The van der Waals surface area contributed by atoms with Gasteiger partial charge in [-0.05, 0) is 10.2 Å². The molecule has 1 rings (SSSR count). The summed E-state index contributed by atoms with van der Waals surface area (Å²) in [6.07, 6.45) is 13.7. The smallest absolute Gasteiger partial charge is 0.0692 e. The second-order valence-electron chi connectivity index (χ2n) is 2.34. The Bertz CT molecular complexity index is 306. The van der Waals surface area contributed by atoms with Crippen molar-refractivity contribution in [1.29, 1.82) is 0 Å². The van der Waals surface area contributed by atoms with Crippen LogP contribution < -0.4 is 0 Å². The van der Waals surface area contributed by atoms with E-state index in [0.717, 1.165) is 6.54 Å². The Morgan fingerprint density at radius 1 is 1.38 bits per heavy atom. The minimum Gasteiger partial charge on any atom is -0.288 e. The second-order valence-corrected chi connectivity index (χ2v) is 5.07. The van der Waals surface area contributed by atoms with Crippen LogP contribution in [0.1, 0.15) is 0 Å². The van der Waals surface area contributed by atoms with E-state index in [9.17, 15) is 0 Å². The fraction of sp³-hybridized carbons (Fsp3) is 0.0909. The number of allylic oxidation sites excluding steroid dienone is 5. The maximum absolute atomic E-state index is 4.28. The molecule has 1 aliphatic rings.